The predicted molar refractivity (Wildman–Crippen MR) is 127 cm³/mol. The number of piperidine rings is 1. The fourth-order valence-corrected chi connectivity index (χ4v) is 5.65. The molecule has 0 aromatic heterocycles. The first kappa shape index (κ1) is 19.7. The number of nitrogens with one attached hydrogen (secondary N) is 1. The van der Waals surface area contributed by atoms with Gasteiger partial charge in [0.2, 0.25) is 0 Å². The molecule has 2 aromatic rings. The highest BCUT2D eigenvalue weighted by molar-refractivity contribution is 6.30. The third-order valence-corrected chi connectivity index (χ3v) is 7.59. The number of anilines is 1. The highest BCUT2D eigenvalue weighted by Gasteiger charge is 2.44. The van der Waals surface area contributed by atoms with E-state index >= 15 is 0 Å². The molecule has 1 spiro atoms. The molecule has 4 heteroatoms. The van der Waals surface area contributed by atoms with Gasteiger partial charge in [0.15, 0.2) is 0 Å². The number of fused-ring (bicyclic) bond motifs is 3. The minimum atomic E-state index is 0.0468. The largest absolute Gasteiger partial charge is 0.370 e. The monoisotopic (exact) mass is 419 g/mol. The second-order valence-electron chi connectivity index (χ2n) is 9.12. The van der Waals surface area contributed by atoms with E-state index in [2.05, 4.69) is 65.7 Å². The number of hydrogen-bond acceptors (Lipinski definition) is 3. The zero-order chi connectivity index (χ0) is 20.9. The lowest BCUT2D eigenvalue weighted by molar-refractivity contribution is 0.179. The quantitative estimate of drug-likeness (QED) is 0.689. The summed E-state index contributed by atoms with van der Waals surface area (Å²) in [7, 11) is 2.12. The van der Waals surface area contributed by atoms with Crippen molar-refractivity contribution in [2.75, 3.05) is 32.0 Å². The van der Waals surface area contributed by atoms with Gasteiger partial charge in [0.1, 0.15) is 0 Å². The molecule has 0 radical (unpaired) electrons. The molecule has 2 aromatic carbocycles. The smallest absolute Gasteiger partial charge is 0.0433 e. The number of rotatable bonds is 4. The van der Waals surface area contributed by atoms with Gasteiger partial charge in [-0.25, -0.2) is 0 Å². The number of benzene rings is 2. The van der Waals surface area contributed by atoms with E-state index < -0.39 is 0 Å². The zero-order valence-corrected chi connectivity index (χ0v) is 18.6. The molecule has 5 rings (SSSR count). The van der Waals surface area contributed by atoms with Crippen molar-refractivity contribution < 1.29 is 0 Å². The van der Waals surface area contributed by atoms with E-state index in [0.29, 0.717) is 0 Å². The predicted octanol–water partition coefficient (Wildman–Crippen LogP) is 5.66. The van der Waals surface area contributed by atoms with E-state index in [1.165, 1.54) is 34.4 Å². The second-order valence-corrected chi connectivity index (χ2v) is 9.55. The summed E-state index contributed by atoms with van der Waals surface area (Å²) < 4.78 is 0. The first-order valence-electron chi connectivity index (χ1n) is 11.0. The Hall–Kier alpha value is -2.23. The molecule has 156 valence electrons. The number of allylic oxidation sites excluding steroid dienone is 1. The molecule has 0 aliphatic carbocycles. The van der Waals surface area contributed by atoms with Gasteiger partial charge in [-0.3, -0.25) is 0 Å². The summed E-state index contributed by atoms with van der Waals surface area (Å²) in [6, 6.07) is 13.1. The molecule has 0 bridgehead atoms. The van der Waals surface area contributed by atoms with Crippen molar-refractivity contribution in [1.29, 1.82) is 0 Å². The number of hydrogen-bond donors (Lipinski definition) is 1. The van der Waals surface area contributed by atoms with Crippen molar-refractivity contribution >= 4 is 23.0 Å². The Bertz CT molecular complexity index is 1020. The molecular formula is C26H30ClN3. The summed E-state index contributed by atoms with van der Waals surface area (Å²) in [4.78, 5) is 4.85. The molecular weight excluding hydrogens is 390 g/mol. The molecule has 3 nitrogen and oxygen atoms in total. The summed E-state index contributed by atoms with van der Waals surface area (Å²) in [6.45, 7) is 12.9. The summed E-state index contributed by atoms with van der Waals surface area (Å²) in [5.41, 5.74) is 9.03. The fraction of sp³-hybridized carbons (Fsp3) is 0.385. The van der Waals surface area contributed by atoms with Crippen LogP contribution in [0.15, 0.2) is 55.3 Å². The Morgan fingerprint density at radius 3 is 2.70 bits per heavy atom. The van der Waals surface area contributed by atoms with Crippen molar-refractivity contribution in [2.24, 2.45) is 0 Å². The Kier molecular flexibility index (Phi) is 4.91. The Morgan fingerprint density at radius 1 is 1.10 bits per heavy atom. The highest BCUT2D eigenvalue weighted by atomic mass is 35.5. The minimum absolute atomic E-state index is 0.0468. The first-order chi connectivity index (χ1) is 14.5. The molecule has 3 aliphatic rings. The third-order valence-electron chi connectivity index (χ3n) is 7.36. The van der Waals surface area contributed by atoms with Gasteiger partial charge in [-0.2, -0.15) is 0 Å². The lowest BCUT2D eigenvalue weighted by Gasteiger charge is -2.40. The van der Waals surface area contributed by atoms with Gasteiger partial charge >= 0.3 is 0 Å². The molecule has 30 heavy (non-hydrogen) atoms. The van der Waals surface area contributed by atoms with Gasteiger partial charge in [-0.1, -0.05) is 43.0 Å². The molecule has 3 heterocycles. The lowest BCUT2D eigenvalue weighted by Crippen LogP contribution is -2.43. The van der Waals surface area contributed by atoms with Crippen molar-refractivity contribution in [3.63, 3.8) is 0 Å². The van der Waals surface area contributed by atoms with E-state index in [0.717, 1.165) is 61.9 Å². The molecule has 0 unspecified atom stereocenters. The molecule has 1 saturated heterocycles. The summed E-state index contributed by atoms with van der Waals surface area (Å²) >= 11 is 6.30. The van der Waals surface area contributed by atoms with E-state index in [-0.39, 0.29) is 5.41 Å². The number of nitrogens with zero attached hydrogens (tertiary/aromatic N) is 2. The Morgan fingerprint density at radius 2 is 1.90 bits per heavy atom. The summed E-state index contributed by atoms with van der Waals surface area (Å²) in [5.74, 6) is 0. The lowest BCUT2D eigenvalue weighted by atomic mass is 9.72. The topological polar surface area (TPSA) is 18.5 Å². The zero-order valence-electron chi connectivity index (χ0n) is 17.8. The maximum atomic E-state index is 6.30. The number of aryl methyl sites for hydroxylation is 1. The SMILES string of the molecule is C=C1c2ccc(CCCN3CCC4(CC3)C(=C)Nc3ccc(Cl)cc34)cc2CN1C. The van der Waals surface area contributed by atoms with Crippen LogP contribution < -0.4 is 5.32 Å². The van der Waals surface area contributed by atoms with Gasteiger partial charge in [0.25, 0.3) is 0 Å². The van der Waals surface area contributed by atoms with Gasteiger partial charge in [0, 0.05) is 46.7 Å². The van der Waals surface area contributed by atoms with Crippen molar-refractivity contribution in [3.05, 3.63) is 82.5 Å². The van der Waals surface area contributed by atoms with Crippen LogP contribution >= 0.6 is 11.6 Å². The molecule has 0 atom stereocenters. The van der Waals surface area contributed by atoms with Gasteiger partial charge in [-0.05, 0) is 80.2 Å². The Labute approximate surface area is 185 Å². The molecule has 0 amide bonds. The highest BCUT2D eigenvalue weighted by Crippen LogP contribution is 2.50. The first-order valence-corrected chi connectivity index (χ1v) is 11.4. The van der Waals surface area contributed by atoms with E-state index in [1.54, 1.807) is 0 Å². The van der Waals surface area contributed by atoms with Crippen LogP contribution in [-0.4, -0.2) is 36.5 Å². The van der Waals surface area contributed by atoms with Gasteiger partial charge in [-0.15, -0.1) is 0 Å². The number of halogens is 1. The maximum Gasteiger partial charge on any atom is 0.0433 e. The van der Waals surface area contributed by atoms with Crippen molar-refractivity contribution in [2.45, 2.75) is 37.6 Å². The van der Waals surface area contributed by atoms with E-state index in [4.69, 9.17) is 11.6 Å². The number of likely N-dealkylation sites (tertiary alicyclic amines) is 1. The molecule has 1 fully saturated rings. The van der Waals surface area contributed by atoms with Crippen LogP contribution in [0.5, 0.6) is 0 Å². The second kappa shape index (κ2) is 7.47. The van der Waals surface area contributed by atoms with Crippen LogP contribution in [0.3, 0.4) is 0 Å². The standard InChI is InChI=1S/C26H30ClN3/c1-18-23-8-6-20(15-21(23)17-29(18)3)5-4-12-30-13-10-26(11-14-30)19(2)28-25-9-7-22(27)16-24(25)26/h6-9,15-16,28H,1-2,4-5,10-14,17H2,3H3. The summed E-state index contributed by atoms with van der Waals surface area (Å²) in [5, 5.41) is 4.33. The van der Waals surface area contributed by atoms with Gasteiger partial charge < -0.3 is 15.1 Å². The normalized spacial score (nSPS) is 19.9. The fourth-order valence-electron chi connectivity index (χ4n) is 5.47. The van der Waals surface area contributed by atoms with Crippen LogP contribution in [0.1, 0.15) is 41.5 Å². The Balaban J connectivity index is 1.17. The van der Waals surface area contributed by atoms with Crippen LogP contribution in [0, 0.1) is 0 Å². The van der Waals surface area contributed by atoms with Crippen LogP contribution in [0.25, 0.3) is 5.70 Å². The third kappa shape index (κ3) is 3.25. The van der Waals surface area contributed by atoms with Crippen LogP contribution in [-0.2, 0) is 18.4 Å². The van der Waals surface area contributed by atoms with Gasteiger partial charge in [0.05, 0.1) is 0 Å². The summed E-state index contributed by atoms with van der Waals surface area (Å²) in [6.07, 6.45) is 4.56. The molecule has 0 saturated carbocycles. The van der Waals surface area contributed by atoms with E-state index in [9.17, 15) is 0 Å². The van der Waals surface area contributed by atoms with Crippen LogP contribution in [0.4, 0.5) is 5.69 Å². The van der Waals surface area contributed by atoms with Crippen molar-refractivity contribution in [1.82, 2.24) is 9.80 Å². The molecule has 1 N–H and O–H groups in total. The van der Waals surface area contributed by atoms with E-state index in [1.807, 2.05) is 6.07 Å². The average Bonchev–Trinajstić information content (AvgIpc) is 3.17. The van der Waals surface area contributed by atoms with Crippen LogP contribution in [0.2, 0.25) is 5.02 Å². The minimum Gasteiger partial charge on any atom is -0.370 e. The van der Waals surface area contributed by atoms with Crippen molar-refractivity contribution in [3.8, 4) is 0 Å². The maximum absolute atomic E-state index is 6.30. The average molecular weight is 420 g/mol. The molecule has 3 aliphatic heterocycles.